The molecule has 0 bridgehead atoms. The van der Waals surface area contributed by atoms with Crippen LogP contribution in [0.1, 0.15) is 24.8 Å². The minimum absolute atomic E-state index is 0.0233. The molecule has 1 aliphatic heterocycles. The van der Waals surface area contributed by atoms with Crippen LogP contribution in [-0.4, -0.2) is 19.4 Å². The van der Waals surface area contributed by atoms with Crippen molar-refractivity contribution in [2.45, 2.75) is 25.4 Å². The Bertz CT molecular complexity index is 401. The van der Waals surface area contributed by atoms with E-state index in [9.17, 15) is 13.2 Å². The lowest BCUT2D eigenvalue weighted by molar-refractivity contribution is -0.155. The van der Waals surface area contributed by atoms with E-state index in [1.807, 2.05) is 6.92 Å². The van der Waals surface area contributed by atoms with E-state index in [1.165, 1.54) is 12.1 Å². The molecule has 0 radical (unpaired) electrons. The summed E-state index contributed by atoms with van der Waals surface area (Å²) < 4.78 is 48.8. The number of hydrogen-bond acceptors (Lipinski definition) is 2. The molecular formula is C12H13F3O2. The van der Waals surface area contributed by atoms with Gasteiger partial charge in [-0.2, -0.15) is 13.2 Å². The summed E-state index contributed by atoms with van der Waals surface area (Å²) in [5.41, 5.74) is 0.201. The van der Waals surface area contributed by atoms with Crippen LogP contribution in [0.4, 0.5) is 13.2 Å². The van der Waals surface area contributed by atoms with E-state index in [4.69, 9.17) is 9.47 Å². The van der Waals surface area contributed by atoms with Crippen molar-refractivity contribution in [3.8, 4) is 11.5 Å². The predicted octanol–water partition coefficient (Wildman–Crippen LogP) is 3.51. The normalized spacial score (nSPS) is 19.4. The lowest BCUT2D eigenvalue weighted by Crippen LogP contribution is -2.26. The molecule has 0 spiro atoms. The van der Waals surface area contributed by atoms with E-state index in [0.717, 1.165) is 0 Å². The van der Waals surface area contributed by atoms with Gasteiger partial charge in [0.05, 0.1) is 19.1 Å². The smallest absolute Gasteiger partial charge is 0.396 e. The Labute approximate surface area is 97.3 Å². The van der Waals surface area contributed by atoms with Gasteiger partial charge < -0.3 is 9.47 Å². The first kappa shape index (κ1) is 12.1. The summed E-state index contributed by atoms with van der Waals surface area (Å²) in [6, 6.07) is 4.52. The summed E-state index contributed by atoms with van der Waals surface area (Å²) in [5.74, 6) is -0.611. The Kier molecular flexibility index (Phi) is 3.17. The third kappa shape index (κ3) is 2.48. The van der Waals surface area contributed by atoms with Gasteiger partial charge in [-0.15, -0.1) is 0 Å². The molecule has 0 fully saturated rings. The molecule has 0 aliphatic carbocycles. The van der Waals surface area contributed by atoms with Crippen molar-refractivity contribution in [3.05, 3.63) is 23.8 Å². The zero-order valence-electron chi connectivity index (χ0n) is 9.38. The number of rotatable bonds is 2. The Morgan fingerprint density at radius 2 is 2.18 bits per heavy atom. The fraction of sp³-hybridized carbons (Fsp3) is 0.500. The largest absolute Gasteiger partial charge is 0.494 e. The van der Waals surface area contributed by atoms with Crippen LogP contribution in [0, 0.1) is 0 Å². The average Bonchev–Trinajstić information content (AvgIpc) is 2.27. The molecule has 1 heterocycles. The molecule has 0 saturated heterocycles. The number of hydrogen-bond donors (Lipinski definition) is 0. The highest BCUT2D eigenvalue weighted by atomic mass is 19.4. The summed E-state index contributed by atoms with van der Waals surface area (Å²) in [5, 5.41) is 0. The van der Waals surface area contributed by atoms with Crippen LogP contribution >= 0.6 is 0 Å². The zero-order valence-corrected chi connectivity index (χ0v) is 9.38. The molecule has 1 aliphatic rings. The molecule has 0 aromatic heterocycles. The number of fused-ring (bicyclic) bond motifs is 1. The summed E-state index contributed by atoms with van der Waals surface area (Å²) in [6.45, 7) is 2.38. The molecule has 0 saturated carbocycles. The molecule has 1 unspecified atom stereocenters. The number of alkyl halides is 3. The van der Waals surface area contributed by atoms with Crippen molar-refractivity contribution in [3.63, 3.8) is 0 Å². The maximum absolute atomic E-state index is 12.8. The van der Waals surface area contributed by atoms with E-state index in [1.54, 1.807) is 6.07 Å². The predicted molar refractivity (Wildman–Crippen MR) is 56.5 cm³/mol. The highest BCUT2D eigenvalue weighted by Gasteiger charge is 2.43. The zero-order chi connectivity index (χ0) is 12.5. The van der Waals surface area contributed by atoms with Gasteiger partial charge in [-0.25, -0.2) is 0 Å². The molecule has 5 heteroatoms. The number of benzene rings is 1. The first-order valence-electron chi connectivity index (χ1n) is 5.48. The second-order valence-electron chi connectivity index (χ2n) is 3.86. The quantitative estimate of drug-likeness (QED) is 0.795. The van der Waals surface area contributed by atoms with Crippen molar-refractivity contribution in [1.29, 1.82) is 0 Å². The monoisotopic (exact) mass is 246 g/mol. The number of halogens is 3. The first-order valence-corrected chi connectivity index (χ1v) is 5.48. The van der Waals surface area contributed by atoms with Gasteiger partial charge in [0, 0.05) is 11.6 Å². The van der Waals surface area contributed by atoms with Crippen LogP contribution in [0.3, 0.4) is 0 Å². The van der Waals surface area contributed by atoms with Crippen molar-refractivity contribution < 1.29 is 22.6 Å². The van der Waals surface area contributed by atoms with Crippen LogP contribution in [0.25, 0.3) is 0 Å². The second-order valence-corrected chi connectivity index (χ2v) is 3.86. The van der Waals surface area contributed by atoms with E-state index >= 15 is 0 Å². The van der Waals surface area contributed by atoms with Gasteiger partial charge in [0.15, 0.2) is 0 Å². The molecule has 2 rings (SSSR count). The molecule has 2 nitrogen and oxygen atoms in total. The lowest BCUT2D eigenvalue weighted by Gasteiger charge is -2.27. The van der Waals surface area contributed by atoms with Crippen LogP contribution in [0.15, 0.2) is 18.2 Å². The minimum Gasteiger partial charge on any atom is -0.494 e. The van der Waals surface area contributed by atoms with Gasteiger partial charge in [-0.3, -0.25) is 0 Å². The Morgan fingerprint density at radius 3 is 2.82 bits per heavy atom. The summed E-state index contributed by atoms with van der Waals surface area (Å²) in [7, 11) is 0. The van der Waals surface area contributed by atoms with E-state index in [0.29, 0.717) is 12.4 Å². The maximum atomic E-state index is 12.8. The minimum atomic E-state index is -4.22. The lowest BCUT2D eigenvalue weighted by atomic mass is 9.92. The molecule has 1 aromatic carbocycles. The maximum Gasteiger partial charge on any atom is 0.396 e. The van der Waals surface area contributed by atoms with Gasteiger partial charge in [0.2, 0.25) is 0 Å². The Morgan fingerprint density at radius 1 is 1.41 bits per heavy atom. The third-order valence-corrected chi connectivity index (χ3v) is 2.73. The molecular weight excluding hydrogens is 233 g/mol. The fourth-order valence-corrected chi connectivity index (χ4v) is 1.97. The van der Waals surface area contributed by atoms with Crippen LogP contribution in [-0.2, 0) is 0 Å². The first-order chi connectivity index (χ1) is 8.02. The summed E-state index contributed by atoms with van der Waals surface area (Å²) in [6.07, 6.45) is -4.24. The summed E-state index contributed by atoms with van der Waals surface area (Å²) >= 11 is 0. The topological polar surface area (TPSA) is 18.5 Å². The van der Waals surface area contributed by atoms with Crippen molar-refractivity contribution >= 4 is 0 Å². The van der Waals surface area contributed by atoms with Gasteiger partial charge in [-0.05, 0) is 19.4 Å². The van der Waals surface area contributed by atoms with Crippen LogP contribution in [0.2, 0.25) is 0 Å². The molecule has 0 amide bonds. The van der Waals surface area contributed by atoms with Crippen molar-refractivity contribution in [1.82, 2.24) is 0 Å². The molecule has 1 atom stereocenters. The average molecular weight is 246 g/mol. The van der Waals surface area contributed by atoms with E-state index in [2.05, 4.69) is 0 Å². The summed E-state index contributed by atoms with van der Waals surface area (Å²) in [4.78, 5) is 0. The van der Waals surface area contributed by atoms with Gasteiger partial charge >= 0.3 is 6.18 Å². The SMILES string of the molecule is CCOc1ccc2c(c1)OCCC2C(F)(F)F. The second kappa shape index (κ2) is 4.47. The molecule has 1 aromatic rings. The van der Waals surface area contributed by atoms with Gasteiger partial charge in [-0.1, -0.05) is 6.07 Å². The molecule has 0 N–H and O–H groups in total. The van der Waals surface area contributed by atoms with E-state index in [-0.39, 0.29) is 24.3 Å². The highest BCUT2D eigenvalue weighted by molar-refractivity contribution is 5.44. The van der Waals surface area contributed by atoms with Crippen molar-refractivity contribution in [2.75, 3.05) is 13.2 Å². The molecule has 17 heavy (non-hydrogen) atoms. The highest BCUT2D eigenvalue weighted by Crippen LogP contribution is 2.44. The van der Waals surface area contributed by atoms with Gasteiger partial charge in [0.25, 0.3) is 0 Å². The Hall–Kier alpha value is -1.39. The third-order valence-electron chi connectivity index (χ3n) is 2.73. The molecule has 94 valence electrons. The van der Waals surface area contributed by atoms with Crippen LogP contribution < -0.4 is 9.47 Å². The van der Waals surface area contributed by atoms with E-state index < -0.39 is 12.1 Å². The van der Waals surface area contributed by atoms with Crippen LogP contribution in [0.5, 0.6) is 11.5 Å². The standard InChI is InChI=1S/C12H13F3O2/c1-2-16-8-3-4-9-10(12(13,14)15)5-6-17-11(9)7-8/h3-4,7,10H,2,5-6H2,1H3. The van der Waals surface area contributed by atoms with Crippen molar-refractivity contribution in [2.24, 2.45) is 0 Å². The number of ether oxygens (including phenoxy) is 2. The van der Waals surface area contributed by atoms with Gasteiger partial charge in [0.1, 0.15) is 11.5 Å². The Balaban J connectivity index is 2.33. The fourth-order valence-electron chi connectivity index (χ4n) is 1.97.